The fourth-order valence-electron chi connectivity index (χ4n) is 2.13. The highest BCUT2D eigenvalue weighted by Crippen LogP contribution is 2.22. The van der Waals surface area contributed by atoms with Crippen LogP contribution in [0.15, 0.2) is 30.3 Å². The topological polar surface area (TPSA) is 43.4 Å². The van der Waals surface area contributed by atoms with Crippen molar-refractivity contribution in [3.63, 3.8) is 0 Å². The highest BCUT2D eigenvalue weighted by molar-refractivity contribution is 5.82. The monoisotopic (exact) mass is 288 g/mol. The average molecular weight is 288 g/mol. The zero-order valence-electron chi connectivity index (χ0n) is 13.3. The Balaban J connectivity index is 2.16. The summed E-state index contributed by atoms with van der Waals surface area (Å²) in [6, 6.07) is 10.1. The molecule has 0 bridgehead atoms. The van der Waals surface area contributed by atoms with Gasteiger partial charge >= 0.3 is 0 Å². The highest BCUT2D eigenvalue weighted by atomic mass is 16.5. The van der Waals surface area contributed by atoms with Crippen LogP contribution in [0.5, 0.6) is 5.88 Å². The molecule has 0 aliphatic rings. The van der Waals surface area contributed by atoms with E-state index in [0.717, 1.165) is 23.9 Å². The zero-order valence-corrected chi connectivity index (χ0v) is 13.3. The summed E-state index contributed by atoms with van der Waals surface area (Å²) in [7, 11) is 3.66. The van der Waals surface area contributed by atoms with Gasteiger partial charge in [0.25, 0.3) is 0 Å². The first-order chi connectivity index (χ1) is 10.1. The smallest absolute Gasteiger partial charge is 0.214 e. The second kappa shape index (κ2) is 6.87. The molecule has 1 aromatic carbocycles. The molecule has 1 aromatic heterocycles. The van der Waals surface area contributed by atoms with Crippen LogP contribution >= 0.6 is 0 Å². The summed E-state index contributed by atoms with van der Waals surface area (Å²) in [6.07, 6.45) is 0.819. The van der Waals surface area contributed by atoms with E-state index in [1.54, 1.807) is 7.11 Å². The molecule has 0 fully saturated rings. The van der Waals surface area contributed by atoms with Gasteiger partial charge < -0.3 is 14.8 Å². The Hall–Kier alpha value is -1.65. The number of benzene rings is 1. The van der Waals surface area contributed by atoms with Crippen LogP contribution in [-0.2, 0) is 11.3 Å². The number of fused-ring (bicyclic) bond motifs is 1. The molecule has 0 radical (unpaired) electrons. The molecule has 21 heavy (non-hydrogen) atoms. The normalized spacial score (nSPS) is 11.8. The third-order valence-electron chi connectivity index (χ3n) is 3.65. The number of aromatic nitrogens is 1. The van der Waals surface area contributed by atoms with Gasteiger partial charge in [-0.25, -0.2) is 4.98 Å². The Morgan fingerprint density at radius 2 is 2.00 bits per heavy atom. The van der Waals surface area contributed by atoms with E-state index in [-0.39, 0.29) is 5.60 Å². The molecule has 0 aliphatic carbocycles. The Morgan fingerprint density at radius 1 is 1.24 bits per heavy atom. The lowest BCUT2D eigenvalue weighted by molar-refractivity contribution is 0.00511. The lowest BCUT2D eigenvalue weighted by Gasteiger charge is -2.22. The van der Waals surface area contributed by atoms with Crippen molar-refractivity contribution < 1.29 is 9.47 Å². The van der Waals surface area contributed by atoms with E-state index < -0.39 is 0 Å². The van der Waals surface area contributed by atoms with Gasteiger partial charge in [-0.3, -0.25) is 0 Å². The van der Waals surface area contributed by atoms with E-state index in [1.165, 1.54) is 5.56 Å². The number of hydrogen-bond acceptors (Lipinski definition) is 4. The number of hydrogen-bond donors (Lipinski definition) is 1. The quantitative estimate of drug-likeness (QED) is 0.850. The van der Waals surface area contributed by atoms with Gasteiger partial charge in [-0.15, -0.1) is 0 Å². The summed E-state index contributed by atoms with van der Waals surface area (Å²) in [6.45, 7) is 5.49. The van der Waals surface area contributed by atoms with Gasteiger partial charge in [0, 0.05) is 31.5 Å². The van der Waals surface area contributed by atoms with Crippen molar-refractivity contribution in [1.82, 2.24) is 10.3 Å². The fraction of sp³-hybridized carbons (Fsp3) is 0.471. The van der Waals surface area contributed by atoms with Crippen LogP contribution in [0.25, 0.3) is 10.9 Å². The van der Waals surface area contributed by atoms with Crippen molar-refractivity contribution in [2.24, 2.45) is 0 Å². The molecule has 1 N–H and O–H groups in total. The highest BCUT2D eigenvalue weighted by Gasteiger charge is 2.16. The van der Waals surface area contributed by atoms with Gasteiger partial charge in [-0.2, -0.15) is 0 Å². The summed E-state index contributed by atoms with van der Waals surface area (Å²) in [5, 5.41) is 4.35. The molecule has 0 unspecified atom stereocenters. The molecule has 0 spiro atoms. The Kier molecular flexibility index (Phi) is 5.15. The minimum atomic E-state index is -0.176. The van der Waals surface area contributed by atoms with Crippen LogP contribution in [-0.4, -0.2) is 31.3 Å². The lowest BCUT2D eigenvalue weighted by atomic mass is 10.1. The van der Waals surface area contributed by atoms with Crippen LogP contribution in [0.2, 0.25) is 0 Å². The molecule has 0 saturated heterocycles. The number of para-hydroxylation sites is 1. The second-order valence-corrected chi connectivity index (χ2v) is 5.73. The second-order valence-electron chi connectivity index (χ2n) is 5.73. The minimum Gasteiger partial charge on any atom is -0.478 e. The number of ether oxygens (including phenoxy) is 2. The fourth-order valence-corrected chi connectivity index (χ4v) is 2.13. The minimum absolute atomic E-state index is 0.176. The third kappa shape index (κ3) is 4.16. The van der Waals surface area contributed by atoms with Gasteiger partial charge in [0.15, 0.2) is 0 Å². The largest absolute Gasteiger partial charge is 0.478 e. The molecular weight excluding hydrogens is 264 g/mol. The van der Waals surface area contributed by atoms with E-state index in [2.05, 4.69) is 30.2 Å². The standard InChI is InChI=1S/C17H24N2O2/c1-17(2,20-4)9-10-21-16-11-13(12-18-3)14-7-5-6-8-15(14)19-16/h5-8,11,18H,9-10,12H2,1-4H3. The van der Waals surface area contributed by atoms with E-state index in [1.807, 2.05) is 31.3 Å². The maximum Gasteiger partial charge on any atom is 0.214 e. The summed E-state index contributed by atoms with van der Waals surface area (Å²) in [5.41, 5.74) is 1.99. The van der Waals surface area contributed by atoms with Crippen LogP contribution in [0.1, 0.15) is 25.8 Å². The van der Waals surface area contributed by atoms with Crippen LogP contribution in [0.4, 0.5) is 0 Å². The number of rotatable bonds is 7. The SMILES string of the molecule is CNCc1cc(OCCC(C)(C)OC)nc2ccccc12. The Bertz CT molecular complexity index is 596. The predicted molar refractivity (Wildman–Crippen MR) is 85.7 cm³/mol. The Morgan fingerprint density at radius 3 is 2.71 bits per heavy atom. The number of pyridine rings is 1. The van der Waals surface area contributed by atoms with Crippen LogP contribution in [0.3, 0.4) is 0 Å². The molecule has 2 aromatic rings. The molecule has 114 valence electrons. The molecule has 1 heterocycles. The summed E-state index contributed by atoms with van der Waals surface area (Å²) in [4.78, 5) is 4.57. The molecular formula is C17H24N2O2. The molecule has 2 rings (SSSR count). The van der Waals surface area contributed by atoms with Gasteiger partial charge in [-0.05, 0) is 32.5 Å². The van der Waals surface area contributed by atoms with Gasteiger partial charge in [-0.1, -0.05) is 18.2 Å². The van der Waals surface area contributed by atoms with Crippen molar-refractivity contribution in [3.8, 4) is 5.88 Å². The van der Waals surface area contributed by atoms with Crippen LogP contribution < -0.4 is 10.1 Å². The van der Waals surface area contributed by atoms with Gasteiger partial charge in [0.2, 0.25) is 5.88 Å². The first kappa shape index (κ1) is 15.7. The maximum atomic E-state index is 5.82. The first-order valence-corrected chi connectivity index (χ1v) is 7.27. The Labute approximate surface area is 126 Å². The number of methoxy groups -OCH3 is 1. The van der Waals surface area contributed by atoms with Crippen molar-refractivity contribution in [3.05, 3.63) is 35.9 Å². The molecule has 0 aliphatic heterocycles. The molecule has 0 amide bonds. The number of nitrogens with zero attached hydrogens (tertiary/aromatic N) is 1. The molecule has 4 nitrogen and oxygen atoms in total. The molecule has 0 atom stereocenters. The molecule has 0 saturated carbocycles. The van der Waals surface area contributed by atoms with Gasteiger partial charge in [0.1, 0.15) is 0 Å². The van der Waals surface area contributed by atoms with Crippen molar-refractivity contribution in [2.75, 3.05) is 20.8 Å². The van der Waals surface area contributed by atoms with Crippen LogP contribution in [0, 0.1) is 0 Å². The molecule has 4 heteroatoms. The third-order valence-corrected chi connectivity index (χ3v) is 3.65. The van der Waals surface area contributed by atoms with Gasteiger partial charge in [0.05, 0.1) is 17.7 Å². The van der Waals surface area contributed by atoms with E-state index in [0.29, 0.717) is 12.5 Å². The van der Waals surface area contributed by atoms with E-state index >= 15 is 0 Å². The predicted octanol–water partition coefficient (Wildman–Crippen LogP) is 3.15. The summed E-state index contributed by atoms with van der Waals surface area (Å²) in [5.74, 6) is 0.672. The summed E-state index contributed by atoms with van der Waals surface area (Å²) < 4.78 is 11.2. The van der Waals surface area contributed by atoms with E-state index in [9.17, 15) is 0 Å². The zero-order chi connectivity index (χ0) is 15.3. The lowest BCUT2D eigenvalue weighted by Crippen LogP contribution is -2.25. The average Bonchev–Trinajstić information content (AvgIpc) is 2.47. The van der Waals surface area contributed by atoms with Crippen molar-refractivity contribution in [1.29, 1.82) is 0 Å². The van der Waals surface area contributed by atoms with Crippen molar-refractivity contribution >= 4 is 10.9 Å². The van der Waals surface area contributed by atoms with Crippen molar-refractivity contribution in [2.45, 2.75) is 32.4 Å². The first-order valence-electron chi connectivity index (χ1n) is 7.27. The number of nitrogens with one attached hydrogen (secondary N) is 1. The van der Waals surface area contributed by atoms with E-state index in [4.69, 9.17) is 9.47 Å². The maximum absolute atomic E-state index is 5.82. The summed E-state index contributed by atoms with van der Waals surface area (Å²) >= 11 is 0.